The maximum absolute atomic E-state index is 3.65. The van der Waals surface area contributed by atoms with E-state index in [0.29, 0.717) is 0 Å². The Hall–Kier alpha value is -2.48. The van der Waals surface area contributed by atoms with E-state index in [1.54, 1.807) is 0 Å². The van der Waals surface area contributed by atoms with Gasteiger partial charge in [-0.1, -0.05) is 54.6 Å². The van der Waals surface area contributed by atoms with Crippen molar-refractivity contribution < 1.29 is 0 Å². The number of nitrogens with zero attached hydrogens (tertiary/aromatic N) is 1. The molecule has 0 spiro atoms. The third kappa shape index (κ3) is 2.65. The van der Waals surface area contributed by atoms with Gasteiger partial charge in [0.2, 0.25) is 0 Å². The molecule has 23 heavy (non-hydrogen) atoms. The summed E-state index contributed by atoms with van der Waals surface area (Å²) in [4.78, 5) is 2.49. The topological polar surface area (TPSA) is 15.3 Å². The van der Waals surface area contributed by atoms with Crippen LogP contribution in [-0.4, -0.2) is 12.1 Å². The molecule has 0 unspecified atom stereocenters. The first-order chi connectivity index (χ1) is 11.1. The van der Waals surface area contributed by atoms with Crippen LogP contribution >= 0.6 is 0 Å². The number of anilines is 2. The van der Waals surface area contributed by atoms with E-state index < -0.39 is 0 Å². The van der Waals surface area contributed by atoms with Gasteiger partial charge in [0.25, 0.3) is 0 Å². The lowest BCUT2D eigenvalue weighted by Crippen LogP contribution is -2.48. The lowest BCUT2D eigenvalue weighted by molar-refractivity contribution is 0.531. The fraction of sp³-hybridized carbons (Fsp3) is 0.238. The molecule has 116 valence electrons. The van der Waals surface area contributed by atoms with Crippen LogP contribution < -0.4 is 10.2 Å². The van der Waals surface area contributed by atoms with Crippen molar-refractivity contribution in [2.24, 2.45) is 0 Å². The van der Waals surface area contributed by atoms with E-state index in [1.807, 2.05) is 0 Å². The summed E-state index contributed by atoms with van der Waals surface area (Å²) in [5.41, 5.74) is 3.97. The SMILES string of the molecule is CC1(C)CN(Cc2cccc3ccccc23)c2ccccc2N1. The minimum Gasteiger partial charge on any atom is -0.377 e. The Morgan fingerprint density at radius 2 is 1.65 bits per heavy atom. The molecular formula is C21H22N2. The van der Waals surface area contributed by atoms with Crippen LogP contribution in [0.3, 0.4) is 0 Å². The van der Waals surface area contributed by atoms with E-state index in [2.05, 4.69) is 90.8 Å². The number of benzene rings is 3. The van der Waals surface area contributed by atoms with Crippen LogP contribution in [0.4, 0.5) is 11.4 Å². The average molecular weight is 302 g/mol. The van der Waals surface area contributed by atoms with Crippen LogP contribution in [0.2, 0.25) is 0 Å². The second-order valence-electron chi connectivity index (χ2n) is 7.02. The zero-order chi connectivity index (χ0) is 15.9. The smallest absolute Gasteiger partial charge is 0.0606 e. The second-order valence-corrected chi connectivity index (χ2v) is 7.02. The molecule has 1 aliphatic heterocycles. The molecule has 0 aliphatic carbocycles. The maximum atomic E-state index is 3.65. The maximum Gasteiger partial charge on any atom is 0.0606 e. The van der Waals surface area contributed by atoms with Gasteiger partial charge in [0, 0.05) is 18.6 Å². The predicted octanol–water partition coefficient (Wildman–Crippen LogP) is 5.05. The van der Waals surface area contributed by atoms with Gasteiger partial charge in [-0.2, -0.15) is 0 Å². The lowest BCUT2D eigenvalue weighted by atomic mass is 9.97. The van der Waals surface area contributed by atoms with Gasteiger partial charge in [-0.3, -0.25) is 0 Å². The Morgan fingerprint density at radius 1 is 0.913 bits per heavy atom. The number of hydrogen-bond donors (Lipinski definition) is 1. The molecule has 0 saturated heterocycles. The Morgan fingerprint density at radius 3 is 2.57 bits per heavy atom. The highest BCUT2D eigenvalue weighted by atomic mass is 15.2. The van der Waals surface area contributed by atoms with Gasteiger partial charge in [-0.05, 0) is 42.3 Å². The minimum atomic E-state index is 0.0684. The van der Waals surface area contributed by atoms with Crippen LogP contribution in [0, 0.1) is 0 Å². The van der Waals surface area contributed by atoms with Crippen LogP contribution in [0.25, 0.3) is 10.8 Å². The van der Waals surface area contributed by atoms with Crippen LogP contribution in [0.5, 0.6) is 0 Å². The van der Waals surface area contributed by atoms with E-state index in [1.165, 1.54) is 27.7 Å². The zero-order valence-electron chi connectivity index (χ0n) is 13.7. The van der Waals surface area contributed by atoms with Gasteiger partial charge in [0.1, 0.15) is 0 Å². The van der Waals surface area contributed by atoms with E-state index in [9.17, 15) is 0 Å². The first-order valence-electron chi connectivity index (χ1n) is 8.21. The van der Waals surface area contributed by atoms with Crippen LogP contribution in [-0.2, 0) is 6.54 Å². The van der Waals surface area contributed by atoms with E-state index >= 15 is 0 Å². The highest BCUT2D eigenvalue weighted by Crippen LogP contribution is 2.35. The molecule has 0 fully saturated rings. The molecule has 0 radical (unpaired) electrons. The van der Waals surface area contributed by atoms with Gasteiger partial charge >= 0.3 is 0 Å². The Labute approximate surface area is 137 Å². The lowest BCUT2D eigenvalue weighted by Gasteiger charge is -2.42. The highest BCUT2D eigenvalue weighted by molar-refractivity contribution is 5.86. The molecular weight excluding hydrogens is 280 g/mol. The summed E-state index contributed by atoms with van der Waals surface area (Å²) in [7, 11) is 0. The van der Waals surface area contributed by atoms with Gasteiger partial charge in [0.15, 0.2) is 0 Å². The van der Waals surface area contributed by atoms with Crippen molar-refractivity contribution in [3.05, 3.63) is 72.3 Å². The summed E-state index contributed by atoms with van der Waals surface area (Å²) >= 11 is 0. The first-order valence-corrected chi connectivity index (χ1v) is 8.21. The fourth-order valence-corrected chi connectivity index (χ4v) is 3.60. The number of para-hydroxylation sites is 2. The summed E-state index contributed by atoms with van der Waals surface area (Å²) < 4.78 is 0. The Balaban J connectivity index is 1.76. The number of fused-ring (bicyclic) bond motifs is 2. The first kappa shape index (κ1) is 14.1. The molecule has 3 aromatic carbocycles. The molecule has 1 N–H and O–H groups in total. The number of hydrogen-bond acceptors (Lipinski definition) is 2. The fourth-order valence-electron chi connectivity index (χ4n) is 3.60. The molecule has 1 heterocycles. The molecule has 0 saturated carbocycles. The Bertz CT molecular complexity index is 846. The Kier molecular flexibility index (Phi) is 3.26. The van der Waals surface area contributed by atoms with Gasteiger partial charge in [0.05, 0.1) is 11.4 Å². The average Bonchev–Trinajstić information content (AvgIpc) is 2.54. The van der Waals surface area contributed by atoms with Crippen molar-refractivity contribution in [2.45, 2.75) is 25.9 Å². The van der Waals surface area contributed by atoms with Gasteiger partial charge in [-0.15, -0.1) is 0 Å². The quantitative estimate of drug-likeness (QED) is 0.712. The number of nitrogens with one attached hydrogen (secondary N) is 1. The summed E-state index contributed by atoms with van der Waals surface area (Å²) in [5.74, 6) is 0. The summed E-state index contributed by atoms with van der Waals surface area (Å²) in [6.07, 6.45) is 0. The molecule has 2 nitrogen and oxygen atoms in total. The standard InChI is InChI=1S/C21H22N2/c1-21(2)15-23(20-13-6-5-12-19(20)22-21)14-17-10-7-9-16-8-3-4-11-18(16)17/h3-13,22H,14-15H2,1-2H3. The molecule has 0 atom stereocenters. The molecule has 4 rings (SSSR count). The van der Waals surface area contributed by atoms with Crippen LogP contribution in [0.15, 0.2) is 66.7 Å². The molecule has 1 aliphatic rings. The van der Waals surface area contributed by atoms with E-state index in [4.69, 9.17) is 0 Å². The van der Waals surface area contributed by atoms with Crippen molar-refractivity contribution in [1.29, 1.82) is 0 Å². The molecule has 2 heteroatoms. The second kappa shape index (κ2) is 5.31. The molecule has 0 amide bonds. The number of rotatable bonds is 2. The van der Waals surface area contributed by atoms with Gasteiger partial charge in [-0.25, -0.2) is 0 Å². The third-order valence-corrected chi connectivity index (χ3v) is 4.55. The zero-order valence-corrected chi connectivity index (χ0v) is 13.7. The van der Waals surface area contributed by atoms with Crippen molar-refractivity contribution in [2.75, 3.05) is 16.8 Å². The normalized spacial score (nSPS) is 16.0. The molecule has 0 bridgehead atoms. The largest absolute Gasteiger partial charge is 0.377 e. The van der Waals surface area contributed by atoms with Crippen molar-refractivity contribution in [1.82, 2.24) is 0 Å². The van der Waals surface area contributed by atoms with Crippen molar-refractivity contribution in [3.63, 3.8) is 0 Å². The van der Waals surface area contributed by atoms with E-state index in [0.717, 1.165) is 13.1 Å². The monoisotopic (exact) mass is 302 g/mol. The molecule has 3 aromatic rings. The minimum absolute atomic E-state index is 0.0684. The van der Waals surface area contributed by atoms with E-state index in [-0.39, 0.29) is 5.54 Å². The highest BCUT2D eigenvalue weighted by Gasteiger charge is 2.29. The summed E-state index contributed by atoms with van der Waals surface area (Å²) in [5, 5.41) is 6.31. The van der Waals surface area contributed by atoms with Crippen LogP contribution in [0.1, 0.15) is 19.4 Å². The summed E-state index contributed by atoms with van der Waals surface area (Å²) in [6.45, 7) is 6.45. The summed E-state index contributed by atoms with van der Waals surface area (Å²) in [6, 6.07) is 23.9. The third-order valence-electron chi connectivity index (χ3n) is 4.55. The van der Waals surface area contributed by atoms with Gasteiger partial charge < -0.3 is 10.2 Å². The van der Waals surface area contributed by atoms with Crippen molar-refractivity contribution >= 4 is 22.1 Å². The van der Waals surface area contributed by atoms with Crippen molar-refractivity contribution in [3.8, 4) is 0 Å². The predicted molar refractivity (Wildman–Crippen MR) is 99.1 cm³/mol. The molecule has 0 aromatic heterocycles.